The molecule has 1 fully saturated rings. The summed E-state index contributed by atoms with van der Waals surface area (Å²) in [6, 6.07) is 12.8. The molecule has 1 amide bonds. The highest BCUT2D eigenvalue weighted by Gasteiger charge is 2.42. The van der Waals surface area contributed by atoms with Crippen molar-refractivity contribution >= 4 is 5.91 Å². The number of carbonyl (C=O) groups excluding carboxylic acids is 1. The molecule has 4 nitrogen and oxygen atoms in total. The fraction of sp³-hybridized carbons (Fsp3) is 0.500. The monoisotopic (exact) mass is 352 g/mol. The molecule has 2 aromatic rings. The molecular formula is C22H28N2O2. The van der Waals surface area contributed by atoms with Crippen LogP contribution in [-0.4, -0.2) is 36.0 Å². The van der Waals surface area contributed by atoms with E-state index in [1.54, 1.807) is 0 Å². The summed E-state index contributed by atoms with van der Waals surface area (Å²) in [6.45, 7) is 1.74. The molecule has 1 aromatic heterocycles. The molecule has 2 aliphatic rings. The Morgan fingerprint density at radius 3 is 2.73 bits per heavy atom. The SMILES string of the molecule is COC1CCC2(CCN(C(=O)CCc3ccc[nH]3)CC2)c2ccccc21. The summed E-state index contributed by atoms with van der Waals surface area (Å²) in [5.41, 5.74) is 4.17. The molecule has 1 atom stereocenters. The summed E-state index contributed by atoms with van der Waals surface area (Å²) in [5, 5.41) is 0. The molecule has 1 saturated heterocycles. The van der Waals surface area contributed by atoms with Crippen molar-refractivity contribution in [3.63, 3.8) is 0 Å². The molecule has 2 heterocycles. The fourth-order valence-electron chi connectivity index (χ4n) is 4.83. The van der Waals surface area contributed by atoms with Gasteiger partial charge in [-0.25, -0.2) is 0 Å². The Balaban J connectivity index is 1.42. The van der Waals surface area contributed by atoms with Crippen LogP contribution in [0.2, 0.25) is 0 Å². The van der Waals surface area contributed by atoms with Gasteiger partial charge in [-0.3, -0.25) is 4.79 Å². The van der Waals surface area contributed by atoms with Gasteiger partial charge in [-0.1, -0.05) is 24.3 Å². The van der Waals surface area contributed by atoms with Crippen LogP contribution in [0.5, 0.6) is 0 Å². The van der Waals surface area contributed by atoms with Gasteiger partial charge in [0.2, 0.25) is 5.91 Å². The summed E-state index contributed by atoms with van der Waals surface area (Å²) >= 11 is 0. The van der Waals surface area contributed by atoms with E-state index in [0.29, 0.717) is 6.42 Å². The largest absolute Gasteiger partial charge is 0.377 e. The maximum Gasteiger partial charge on any atom is 0.222 e. The molecule has 1 spiro atoms. The number of fused-ring (bicyclic) bond motifs is 2. The molecule has 26 heavy (non-hydrogen) atoms. The van der Waals surface area contributed by atoms with Gasteiger partial charge >= 0.3 is 0 Å². The number of methoxy groups -OCH3 is 1. The summed E-state index contributed by atoms with van der Waals surface area (Å²) in [4.78, 5) is 17.8. The molecule has 0 radical (unpaired) electrons. The highest BCUT2D eigenvalue weighted by atomic mass is 16.5. The Labute approximate surface area is 155 Å². The predicted octanol–water partition coefficient (Wildman–Crippen LogP) is 3.99. The van der Waals surface area contributed by atoms with Crippen LogP contribution in [0.3, 0.4) is 0 Å². The zero-order chi connectivity index (χ0) is 18.0. The molecule has 0 saturated carbocycles. The Hall–Kier alpha value is -2.07. The molecule has 1 aromatic carbocycles. The van der Waals surface area contributed by atoms with Crippen molar-refractivity contribution in [1.29, 1.82) is 0 Å². The minimum Gasteiger partial charge on any atom is -0.377 e. The third-order valence-corrected chi connectivity index (χ3v) is 6.39. The maximum absolute atomic E-state index is 12.6. The number of nitrogens with zero attached hydrogens (tertiary/aromatic N) is 1. The lowest BCUT2D eigenvalue weighted by molar-refractivity contribution is -0.133. The average molecular weight is 352 g/mol. The number of carbonyl (C=O) groups is 1. The van der Waals surface area contributed by atoms with Gasteiger partial charge in [0.25, 0.3) is 0 Å². The van der Waals surface area contributed by atoms with Crippen molar-refractivity contribution in [3.05, 3.63) is 59.4 Å². The first-order valence-corrected chi connectivity index (χ1v) is 9.74. The zero-order valence-corrected chi connectivity index (χ0v) is 15.5. The van der Waals surface area contributed by atoms with Crippen LogP contribution >= 0.6 is 0 Å². The van der Waals surface area contributed by atoms with Crippen molar-refractivity contribution in [1.82, 2.24) is 9.88 Å². The topological polar surface area (TPSA) is 45.3 Å². The molecule has 1 N–H and O–H groups in total. The lowest BCUT2D eigenvalue weighted by Gasteiger charge is -2.47. The highest BCUT2D eigenvalue weighted by Crippen LogP contribution is 2.48. The minimum atomic E-state index is 0.220. The third-order valence-electron chi connectivity index (χ3n) is 6.39. The van der Waals surface area contributed by atoms with Crippen molar-refractivity contribution < 1.29 is 9.53 Å². The first-order chi connectivity index (χ1) is 12.7. The van der Waals surface area contributed by atoms with E-state index < -0.39 is 0 Å². The molecule has 138 valence electrons. The van der Waals surface area contributed by atoms with E-state index in [4.69, 9.17) is 4.74 Å². The van der Waals surface area contributed by atoms with Gasteiger partial charge in [0.05, 0.1) is 6.10 Å². The second kappa shape index (κ2) is 7.28. The van der Waals surface area contributed by atoms with Crippen molar-refractivity contribution in [2.75, 3.05) is 20.2 Å². The number of rotatable bonds is 4. The number of nitrogens with one attached hydrogen (secondary N) is 1. The van der Waals surface area contributed by atoms with Crippen LogP contribution in [0.25, 0.3) is 0 Å². The number of piperidine rings is 1. The van der Waals surface area contributed by atoms with Gasteiger partial charge in [0.1, 0.15) is 0 Å². The molecule has 1 aliphatic carbocycles. The number of amides is 1. The quantitative estimate of drug-likeness (QED) is 0.904. The summed E-state index contributed by atoms with van der Waals surface area (Å²) in [7, 11) is 1.81. The second-order valence-corrected chi connectivity index (χ2v) is 7.71. The number of likely N-dealkylation sites (tertiary alicyclic amines) is 1. The standard InChI is InChI=1S/C22H28N2O2/c1-26-20-10-11-22(19-7-3-2-6-18(19)20)12-15-24(16-13-22)21(25)9-8-17-5-4-14-23-17/h2-7,14,20,23H,8-13,15-16H2,1H3. The van der Waals surface area contributed by atoms with Crippen LogP contribution in [-0.2, 0) is 21.4 Å². The van der Waals surface area contributed by atoms with E-state index in [1.807, 2.05) is 25.4 Å². The first kappa shape index (κ1) is 17.3. The summed E-state index contributed by atoms with van der Waals surface area (Å²) in [6.07, 6.45) is 7.89. The molecular weight excluding hydrogens is 324 g/mol. The predicted molar refractivity (Wildman–Crippen MR) is 102 cm³/mol. The van der Waals surface area contributed by atoms with Gasteiger partial charge < -0.3 is 14.6 Å². The Morgan fingerprint density at radius 1 is 1.19 bits per heavy atom. The molecule has 0 bridgehead atoms. The molecule has 4 heteroatoms. The van der Waals surface area contributed by atoms with Gasteiger partial charge in [-0.15, -0.1) is 0 Å². The fourth-order valence-corrected chi connectivity index (χ4v) is 4.83. The van der Waals surface area contributed by atoms with E-state index in [1.165, 1.54) is 11.1 Å². The van der Waals surface area contributed by atoms with Crippen LogP contribution in [0, 0.1) is 0 Å². The Morgan fingerprint density at radius 2 is 2.00 bits per heavy atom. The summed E-state index contributed by atoms with van der Waals surface area (Å²) < 4.78 is 5.71. The normalized spacial score (nSPS) is 21.6. The molecule has 4 rings (SSSR count). The lowest BCUT2D eigenvalue weighted by atomic mass is 9.64. The second-order valence-electron chi connectivity index (χ2n) is 7.71. The number of H-pyrrole nitrogens is 1. The number of hydrogen-bond donors (Lipinski definition) is 1. The number of aryl methyl sites for hydroxylation is 1. The van der Waals surface area contributed by atoms with E-state index in [9.17, 15) is 4.79 Å². The first-order valence-electron chi connectivity index (χ1n) is 9.74. The number of benzene rings is 1. The van der Waals surface area contributed by atoms with Crippen LogP contribution in [0.1, 0.15) is 55.0 Å². The highest BCUT2D eigenvalue weighted by molar-refractivity contribution is 5.76. The molecule has 1 unspecified atom stereocenters. The minimum absolute atomic E-state index is 0.220. The van der Waals surface area contributed by atoms with E-state index in [2.05, 4.69) is 34.1 Å². The maximum atomic E-state index is 12.6. The zero-order valence-electron chi connectivity index (χ0n) is 15.5. The van der Waals surface area contributed by atoms with Gasteiger partial charge in [-0.05, 0) is 60.8 Å². The van der Waals surface area contributed by atoms with Crippen molar-refractivity contribution in [2.45, 2.75) is 50.0 Å². The smallest absolute Gasteiger partial charge is 0.222 e. The van der Waals surface area contributed by atoms with Crippen LogP contribution in [0.4, 0.5) is 0 Å². The van der Waals surface area contributed by atoms with E-state index >= 15 is 0 Å². The number of ether oxygens (including phenoxy) is 1. The van der Waals surface area contributed by atoms with Crippen LogP contribution in [0.15, 0.2) is 42.6 Å². The van der Waals surface area contributed by atoms with E-state index in [0.717, 1.165) is 50.9 Å². The van der Waals surface area contributed by atoms with Gasteiger partial charge in [0.15, 0.2) is 0 Å². The lowest BCUT2D eigenvalue weighted by Crippen LogP contribution is -2.47. The summed E-state index contributed by atoms with van der Waals surface area (Å²) in [5.74, 6) is 0.285. The van der Waals surface area contributed by atoms with E-state index in [-0.39, 0.29) is 17.4 Å². The Bertz CT molecular complexity index is 745. The number of aromatic amines is 1. The number of aromatic nitrogens is 1. The Kier molecular flexibility index (Phi) is 4.86. The number of hydrogen-bond acceptors (Lipinski definition) is 2. The van der Waals surface area contributed by atoms with Gasteiger partial charge in [0, 0.05) is 38.5 Å². The van der Waals surface area contributed by atoms with Crippen molar-refractivity contribution in [2.24, 2.45) is 0 Å². The van der Waals surface area contributed by atoms with Gasteiger partial charge in [-0.2, -0.15) is 0 Å². The molecule has 1 aliphatic heterocycles. The van der Waals surface area contributed by atoms with Crippen LogP contribution < -0.4 is 0 Å². The third kappa shape index (κ3) is 3.18. The average Bonchev–Trinajstić information content (AvgIpc) is 3.21. The van der Waals surface area contributed by atoms with Crippen molar-refractivity contribution in [3.8, 4) is 0 Å².